The van der Waals surface area contributed by atoms with Crippen LogP contribution in [0.5, 0.6) is 0 Å². The highest BCUT2D eigenvalue weighted by Crippen LogP contribution is 2.26. The Morgan fingerprint density at radius 2 is 2.20 bits per heavy atom. The Kier molecular flexibility index (Phi) is 5.30. The maximum Gasteiger partial charge on any atom is 0.294 e. The molecule has 0 spiro atoms. The van der Waals surface area contributed by atoms with Crippen LogP contribution in [0.4, 0.5) is 11.4 Å². The van der Waals surface area contributed by atoms with E-state index in [1.165, 1.54) is 12.1 Å². The summed E-state index contributed by atoms with van der Waals surface area (Å²) in [6, 6.07) is 5.27. The highest BCUT2D eigenvalue weighted by atomic mass is 35.5. The average Bonchev–Trinajstić information content (AvgIpc) is 2.37. The predicted octanol–water partition coefficient (Wildman–Crippen LogP) is 2.08. The first-order valence-electron chi connectivity index (χ1n) is 5.54. The molecule has 0 saturated carbocycles. The Morgan fingerprint density at radius 1 is 1.55 bits per heavy atom. The Hall–Kier alpha value is -1.85. The fourth-order valence-corrected chi connectivity index (χ4v) is 3.16. The maximum atomic E-state index is 11.8. The molecule has 1 atom stereocenters. The second kappa shape index (κ2) is 6.54. The topological polar surface area (TPSA) is 113 Å². The van der Waals surface area contributed by atoms with Crippen LogP contribution in [0.25, 0.3) is 0 Å². The summed E-state index contributed by atoms with van der Waals surface area (Å²) in [5.74, 6) is -0.365. The normalized spacial score (nSPS) is 12.4. The zero-order chi connectivity index (χ0) is 15.3. The molecule has 0 amide bonds. The van der Waals surface area contributed by atoms with Gasteiger partial charge in [0.15, 0.2) is 0 Å². The minimum atomic E-state index is -3.74. The van der Waals surface area contributed by atoms with Crippen LogP contribution < -0.4 is 4.72 Å². The van der Waals surface area contributed by atoms with Gasteiger partial charge in [0, 0.05) is 11.9 Å². The molecule has 0 aliphatic heterocycles. The number of hydrogen-bond acceptors (Lipinski definition) is 5. The molecular weight excluding hydrogens is 306 g/mol. The maximum absolute atomic E-state index is 11.8. The van der Waals surface area contributed by atoms with Gasteiger partial charge >= 0.3 is 0 Å². The fourth-order valence-electron chi connectivity index (χ4n) is 1.47. The van der Waals surface area contributed by atoms with Gasteiger partial charge in [-0.2, -0.15) is 5.26 Å². The van der Waals surface area contributed by atoms with Crippen molar-refractivity contribution in [2.45, 2.75) is 6.92 Å². The van der Waals surface area contributed by atoms with E-state index in [0.717, 1.165) is 6.07 Å². The van der Waals surface area contributed by atoms with Gasteiger partial charge in [-0.05, 0) is 18.1 Å². The number of nitro benzene ring substituents is 1. The van der Waals surface area contributed by atoms with Crippen molar-refractivity contribution >= 4 is 33.0 Å². The van der Waals surface area contributed by atoms with Gasteiger partial charge in [0.25, 0.3) is 5.69 Å². The third-order valence-electron chi connectivity index (χ3n) is 2.36. The molecule has 7 nitrogen and oxygen atoms in total. The van der Waals surface area contributed by atoms with Gasteiger partial charge in [-0.25, -0.2) is 8.42 Å². The molecule has 1 aromatic carbocycles. The number of alkyl halides is 1. The molecule has 1 N–H and O–H groups in total. The van der Waals surface area contributed by atoms with Crippen molar-refractivity contribution in [1.82, 2.24) is 0 Å². The summed E-state index contributed by atoms with van der Waals surface area (Å²) in [5.41, 5.74) is -0.560. The standard InChI is InChI=1S/C11H12ClN3O4S/c1-8(5-12)7-20(18,19)14-10-3-2-9(6-13)4-11(10)15(16)17/h2-4,8,14H,5,7H2,1H3. The van der Waals surface area contributed by atoms with E-state index in [1.807, 2.05) is 0 Å². The highest BCUT2D eigenvalue weighted by molar-refractivity contribution is 7.92. The largest absolute Gasteiger partial charge is 0.294 e. The quantitative estimate of drug-likeness (QED) is 0.490. The zero-order valence-corrected chi connectivity index (χ0v) is 12.1. The van der Waals surface area contributed by atoms with Gasteiger partial charge in [-0.15, -0.1) is 11.6 Å². The van der Waals surface area contributed by atoms with Crippen LogP contribution in [-0.4, -0.2) is 25.0 Å². The molecule has 0 radical (unpaired) electrons. The van der Waals surface area contributed by atoms with Gasteiger partial charge in [0.05, 0.1) is 22.3 Å². The van der Waals surface area contributed by atoms with E-state index in [9.17, 15) is 18.5 Å². The first-order valence-corrected chi connectivity index (χ1v) is 7.72. The van der Waals surface area contributed by atoms with Crippen molar-refractivity contribution in [3.63, 3.8) is 0 Å². The van der Waals surface area contributed by atoms with E-state index in [0.29, 0.717) is 0 Å². The van der Waals surface area contributed by atoms with Crippen LogP contribution >= 0.6 is 11.6 Å². The van der Waals surface area contributed by atoms with Crippen LogP contribution in [0.15, 0.2) is 18.2 Å². The Labute approximate surface area is 121 Å². The Morgan fingerprint density at radius 3 is 2.70 bits per heavy atom. The lowest BCUT2D eigenvalue weighted by molar-refractivity contribution is -0.383. The Bertz CT molecular complexity index is 654. The molecule has 0 aliphatic rings. The monoisotopic (exact) mass is 317 g/mol. The summed E-state index contributed by atoms with van der Waals surface area (Å²) in [6.07, 6.45) is 0. The number of benzene rings is 1. The lowest BCUT2D eigenvalue weighted by atomic mass is 10.2. The van der Waals surface area contributed by atoms with E-state index in [1.54, 1.807) is 13.0 Å². The SMILES string of the molecule is CC(CCl)CS(=O)(=O)Nc1ccc(C#N)cc1[N+](=O)[O-]. The summed E-state index contributed by atoms with van der Waals surface area (Å²) in [7, 11) is -3.74. The number of rotatable bonds is 6. The second-order valence-corrected chi connectivity index (χ2v) is 6.32. The molecule has 1 rings (SSSR count). The lowest BCUT2D eigenvalue weighted by Crippen LogP contribution is -2.22. The van der Waals surface area contributed by atoms with Gasteiger partial charge < -0.3 is 0 Å². The number of nitro groups is 1. The summed E-state index contributed by atoms with van der Waals surface area (Å²) in [5, 5.41) is 19.6. The highest BCUT2D eigenvalue weighted by Gasteiger charge is 2.21. The van der Waals surface area contributed by atoms with Gasteiger partial charge in [-0.1, -0.05) is 6.92 Å². The zero-order valence-electron chi connectivity index (χ0n) is 10.5. The van der Waals surface area contributed by atoms with Crippen molar-refractivity contribution in [2.24, 2.45) is 5.92 Å². The molecular formula is C11H12ClN3O4S. The molecule has 0 heterocycles. The van der Waals surface area contributed by atoms with Crippen molar-refractivity contribution in [1.29, 1.82) is 5.26 Å². The number of anilines is 1. The van der Waals surface area contributed by atoms with Gasteiger partial charge in [0.2, 0.25) is 10.0 Å². The third kappa shape index (κ3) is 4.36. The van der Waals surface area contributed by atoms with E-state index in [2.05, 4.69) is 4.72 Å². The molecule has 0 fully saturated rings. The van der Waals surface area contributed by atoms with Crippen molar-refractivity contribution in [3.8, 4) is 6.07 Å². The van der Waals surface area contributed by atoms with Crippen LogP contribution in [-0.2, 0) is 10.0 Å². The number of nitrogens with one attached hydrogen (secondary N) is 1. The van der Waals surface area contributed by atoms with Gasteiger partial charge in [-0.3, -0.25) is 14.8 Å². The fraction of sp³-hybridized carbons (Fsp3) is 0.364. The van der Waals surface area contributed by atoms with Crippen LogP contribution in [0.1, 0.15) is 12.5 Å². The van der Waals surface area contributed by atoms with E-state index >= 15 is 0 Å². The number of halogens is 1. The van der Waals surface area contributed by atoms with E-state index in [4.69, 9.17) is 16.9 Å². The first kappa shape index (κ1) is 16.2. The van der Waals surface area contributed by atoms with Gasteiger partial charge in [0.1, 0.15) is 5.69 Å². The summed E-state index contributed by atoms with van der Waals surface area (Å²) >= 11 is 5.55. The van der Waals surface area contributed by atoms with Crippen molar-refractivity contribution < 1.29 is 13.3 Å². The number of nitriles is 1. The number of sulfonamides is 1. The molecule has 1 aromatic rings. The van der Waals surface area contributed by atoms with Crippen molar-refractivity contribution in [3.05, 3.63) is 33.9 Å². The van der Waals surface area contributed by atoms with Crippen LogP contribution in [0, 0.1) is 27.4 Å². The molecule has 20 heavy (non-hydrogen) atoms. The molecule has 0 aromatic heterocycles. The summed E-state index contributed by atoms with van der Waals surface area (Å²) in [4.78, 5) is 10.1. The average molecular weight is 318 g/mol. The lowest BCUT2D eigenvalue weighted by Gasteiger charge is -2.11. The summed E-state index contributed by atoms with van der Waals surface area (Å²) < 4.78 is 25.8. The Balaban J connectivity index is 3.09. The number of hydrogen-bond donors (Lipinski definition) is 1. The number of nitrogens with zero attached hydrogens (tertiary/aromatic N) is 2. The minimum Gasteiger partial charge on any atom is -0.277 e. The molecule has 0 aliphatic carbocycles. The van der Waals surface area contributed by atoms with E-state index < -0.39 is 20.6 Å². The molecule has 0 bridgehead atoms. The second-order valence-electron chi connectivity index (χ2n) is 4.24. The molecule has 9 heteroatoms. The predicted molar refractivity (Wildman–Crippen MR) is 75.1 cm³/mol. The third-order valence-corrected chi connectivity index (χ3v) is 4.42. The first-order chi connectivity index (χ1) is 9.29. The van der Waals surface area contributed by atoms with Crippen LogP contribution in [0.3, 0.4) is 0 Å². The van der Waals surface area contributed by atoms with Crippen LogP contribution in [0.2, 0.25) is 0 Å². The molecule has 1 unspecified atom stereocenters. The molecule has 0 saturated heterocycles. The van der Waals surface area contributed by atoms with Crippen molar-refractivity contribution in [2.75, 3.05) is 16.4 Å². The molecule has 108 valence electrons. The summed E-state index contributed by atoms with van der Waals surface area (Å²) in [6.45, 7) is 1.65. The smallest absolute Gasteiger partial charge is 0.277 e. The minimum absolute atomic E-state index is 0.0776. The van der Waals surface area contributed by atoms with E-state index in [-0.39, 0.29) is 28.8 Å².